The fourth-order valence-corrected chi connectivity index (χ4v) is 2.72. The van der Waals surface area contributed by atoms with Gasteiger partial charge in [-0.05, 0) is 25.0 Å². The molecule has 0 aliphatic rings. The van der Waals surface area contributed by atoms with Crippen LogP contribution in [0, 0.1) is 6.92 Å². The van der Waals surface area contributed by atoms with Gasteiger partial charge in [0.15, 0.2) is 0 Å². The van der Waals surface area contributed by atoms with Crippen molar-refractivity contribution in [3.63, 3.8) is 0 Å². The summed E-state index contributed by atoms with van der Waals surface area (Å²) in [7, 11) is 0. The van der Waals surface area contributed by atoms with Crippen molar-refractivity contribution in [1.82, 2.24) is 4.98 Å². The molecule has 0 aliphatic heterocycles. The van der Waals surface area contributed by atoms with Gasteiger partial charge in [0, 0.05) is 29.1 Å². The lowest BCUT2D eigenvalue weighted by molar-refractivity contribution is 0.318. The van der Waals surface area contributed by atoms with Crippen LogP contribution in [-0.2, 0) is 12.8 Å². The Balaban J connectivity index is 2.37. The van der Waals surface area contributed by atoms with E-state index in [0.29, 0.717) is 29.7 Å². The summed E-state index contributed by atoms with van der Waals surface area (Å²) in [5.74, 6) is -0.0723. The van der Waals surface area contributed by atoms with Gasteiger partial charge in [-0.2, -0.15) is 0 Å². The summed E-state index contributed by atoms with van der Waals surface area (Å²) in [5.41, 5.74) is 2.34. The van der Waals surface area contributed by atoms with Crippen LogP contribution in [-0.4, -0.2) is 26.1 Å². The highest BCUT2D eigenvalue weighted by Gasteiger charge is 2.15. The molecule has 0 aliphatic carbocycles. The van der Waals surface area contributed by atoms with Gasteiger partial charge in [-0.3, -0.25) is 0 Å². The summed E-state index contributed by atoms with van der Waals surface area (Å²) in [6, 6.07) is 2.91. The molecular formula is C14H16N2O3S. The molecule has 0 bridgehead atoms. The molecule has 0 fully saturated rings. The smallest absolute Gasteiger partial charge is 0.128 e. The Bertz CT molecular complexity index is 650. The lowest BCUT2D eigenvalue weighted by Gasteiger charge is -2.09. The Morgan fingerprint density at radius 1 is 1.30 bits per heavy atom. The zero-order valence-corrected chi connectivity index (χ0v) is 12.1. The molecule has 0 atom stereocenters. The standard InChI is InChI=1S/C14H16N2O3S/c1-3-9-4-10(13(18)6-12(9)17)11(16-19)5-14-15-8(2)7-20-14/h4,6-7,17-19H,3,5H2,1-2H3/b16-11+. The van der Waals surface area contributed by atoms with Gasteiger partial charge in [0.1, 0.15) is 11.5 Å². The van der Waals surface area contributed by atoms with Crippen molar-refractivity contribution in [2.24, 2.45) is 5.16 Å². The van der Waals surface area contributed by atoms with E-state index in [9.17, 15) is 15.4 Å². The van der Waals surface area contributed by atoms with Crippen LogP contribution in [0.4, 0.5) is 0 Å². The Morgan fingerprint density at radius 2 is 2.05 bits per heavy atom. The molecule has 6 heteroatoms. The quantitative estimate of drug-likeness (QED) is 0.459. The predicted octanol–water partition coefficient (Wildman–Crippen LogP) is 2.85. The maximum Gasteiger partial charge on any atom is 0.128 e. The van der Waals surface area contributed by atoms with E-state index in [1.54, 1.807) is 6.07 Å². The van der Waals surface area contributed by atoms with Crippen molar-refractivity contribution in [1.29, 1.82) is 0 Å². The van der Waals surface area contributed by atoms with Gasteiger partial charge in [-0.1, -0.05) is 12.1 Å². The van der Waals surface area contributed by atoms with Gasteiger partial charge in [-0.25, -0.2) is 4.98 Å². The molecule has 0 amide bonds. The molecule has 2 rings (SSSR count). The van der Waals surface area contributed by atoms with Gasteiger partial charge < -0.3 is 15.4 Å². The van der Waals surface area contributed by atoms with Crippen molar-refractivity contribution in [2.45, 2.75) is 26.7 Å². The van der Waals surface area contributed by atoms with Crippen molar-refractivity contribution < 1.29 is 15.4 Å². The molecule has 0 unspecified atom stereocenters. The first-order chi connectivity index (χ1) is 9.55. The van der Waals surface area contributed by atoms with E-state index < -0.39 is 0 Å². The summed E-state index contributed by atoms with van der Waals surface area (Å²) in [6.07, 6.45) is 0.949. The Labute approximate surface area is 120 Å². The minimum atomic E-state index is -0.110. The van der Waals surface area contributed by atoms with Crippen LogP contribution < -0.4 is 0 Å². The van der Waals surface area contributed by atoms with Crippen LogP contribution in [0.25, 0.3) is 0 Å². The second-order valence-electron chi connectivity index (χ2n) is 4.46. The van der Waals surface area contributed by atoms with E-state index in [4.69, 9.17) is 0 Å². The first-order valence-corrected chi connectivity index (χ1v) is 7.10. The first-order valence-electron chi connectivity index (χ1n) is 6.22. The number of oxime groups is 1. The number of benzene rings is 1. The molecule has 2 aromatic rings. The largest absolute Gasteiger partial charge is 0.508 e. The molecule has 20 heavy (non-hydrogen) atoms. The van der Waals surface area contributed by atoms with Crippen molar-refractivity contribution in [2.75, 3.05) is 0 Å². The van der Waals surface area contributed by atoms with E-state index in [1.807, 2.05) is 19.2 Å². The van der Waals surface area contributed by atoms with Crippen LogP contribution in [0.2, 0.25) is 0 Å². The summed E-state index contributed by atoms with van der Waals surface area (Å²) >= 11 is 1.47. The molecular weight excluding hydrogens is 276 g/mol. The highest BCUT2D eigenvalue weighted by atomic mass is 32.1. The number of hydrogen-bond acceptors (Lipinski definition) is 6. The number of hydrogen-bond donors (Lipinski definition) is 3. The zero-order chi connectivity index (χ0) is 14.7. The number of rotatable bonds is 4. The van der Waals surface area contributed by atoms with Crippen LogP contribution in [0.1, 0.15) is 28.8 Å². The molecule has 1 heterocycles. The normalized spacial score (nSPS) is 11.8. The Hall–Kier alpha value is -2.08. The van der Waals surface area contributed by atoms with Gasteiger partial charge >= 0.3 is 0 Å². The number of thiazole rings is 1. The Morgan fingerprint density at radius 3 is 2.60 bits per heavy atom. The lowest BCUT2D eigenvalue weighted by Crippen LogP contribution is -2.06. The predicted molar refractivity (Wildman–Crippen MR) is 78.0 cm³/mol. The van der Waals surface area contributed by atoms with Crippen LogP contribution in [0.15, 0.2) is 22.7 Å². The second-order valence-corrected chi connectivity index (χ2v) is 5.40. The van der Waals surface area contributed by atoms with Crippen molar-refractivity contribution in [3.8, 4) is 11.5 Å². The SMILES string of the molecule is CCc1cc(/C(Cc2nc(C)cs2)=N/O)c(O)cc1O. The molecule has 0 saturated heterocycles. The topological polar surface area (TPSA) is 85.9 Å². The average molecular weight is 292 g/mol. The van der Waals surface area contributed by atoms with E-state index in [-0.39, 0.29) is 11.5 Å². The molecule has 0 radical (unpaired) electrons. The minimum Gasteiger partial charge on any atom is -0.508 e. The van der Waals surface area contributed by atoms with Crippen molar-refractivity contribution in [3.05, 3.63) is 39.3 Å². The number of phenols is 2. The van der Waals surface area contributed by atoms with Gasteiger partial charge in [-0.15, -0.1) is 11.3 Å². The third kappa shape index (κ3) is 2.91. The van der Waals surface area contributed by atoms with Crippen LogP contribution >= 0.6 is 11.3 Å². The zero-order valence-electron chi connectivity index (χ0n) is 11.3. The summed E-state index contributed by atoms with van der Waals surface area (Å²) < 4.78 is 0. The molecule has 1 aromatic carbocycles. The summed E-state index contributed by atoms with van der Waals surface area (Å²) in [5, 5.41) is 34.8. The van der Waals surface area contributed by atoms with E-state index in [1.165, 1.54) is 17.4 Å². The van der Waals surface area contributed by atoms with Gasteiger partial charge in [0.2, 0.25) is 0 Å². The number of nitrogens with zero attached hydrogens (tertiary/aromatic N) is 2. The van der Waals surface area contributed by atoms with E-state index in [0.717, 1.165) is 10.7 Å². The number of aryl methyl sites for hydroxylation is 2. The molecule has 0 saturated carbocycles. The fourth-order valence-electron chi connectivity index (χ4n) is 1.95. The highest BCUT2D eigenvalue weighted by molar-refractivity contribution is 7.09. The molecule has 106 valence electrons. The fraction of sp³-hybridized carbons (Fsp3) is 0.286. The van der Waals surface area contributed by atoms with Gasteiger partial charge in [0.05, 0.1) is 10.7 Å². The van der Waals surface area contributed by atoms with Crippen LogP contribution in [0.5, 0.6) is 11.5 Å². The maximum absolute atomic E-state index is 9.93. The van der Waals surface area contributed by atoms with Gasteiger partial charge in [0.25, 0.3) is 0 Å². The molecule has 5 nitrogen and oxygen atoms in total. The van der Waals surface area contributed by atoms with E-state index >= 15 is 0 Å². The molecule has 3 N–H and O–H groups in total. The van der Waals surface area contributed by atoms with Crippen molar-refractivity contribution >= 4 is 17.0 Å². The third-order valence-electron chi connectivity index (χ3n) is 2.99. The first kappa shape index (κ1) is 14.3. The highest BCUT2D eigenvalue weighted by Crippen LogP contribution is 2.29. The third-order valence-corrected chi connectivity index (χ3v) is 3.96. The maximum atomic E-state index is 9.93. The second kappa shape index (κ2) is 5.92. The minimum absolute atomic E-state index is 0.0381. The summed E-state index contributed by atoms with van der Waals surface area (Å²) in [6.45, 7) is 3.79. The Kier molecular flexibility index (Phi) is 4.24. The van der Waals surface area contributed by atoms with E-state index in [2.05, 4.69) is 10.1 Å². The lowest BCUT2D eigenvalue weighted by atomic mass is 10.0. The van der Waals surface area contributed by atoms with Crippen LogP contribution in [0.3, 0.4) is 0 Å². The molecule has 1 aromatic heterocycles. The number of aromatic hydroxyl groups is 2. The average Bonchev–Trinajstić information content (AvgIpc) is 2.82. The number of phenolic OH excluding ortho intramolecular Hbond substituents is 2. The number of aromatic nitrogens is 1. The summed E-state index contributed by atoms with van der Waals surface area (Å²) in [4.78, 5) is 4.31. The monoisotopic (exact) mass is 292 g/mol. The molecule has 0 spiro atoms.